The second-order valence-electron chi connectivity index (χ2n) is 7.43. The highest BCUT2D eigenvalue weighted by Gasteiger charge is 2.53. The van der Waals surface area contributed by atoms with Crippen LogP contribution in [0, 0.1) is 17.8 Å². The van der Waals surface area contributed by atoms with Gasteiger partial charge in [0.15, 0.2) is 0 Å². The first-order valence-corrected chi connectivity index (χ1v) is 8.52. The molecule has 3 atom stereocenters. The van der Waals surface area contributed by atoms with E-state index < -0.39 is 5.54 Å². The summed E-state index contributed by atoms with van der Waals surface area (Å²) in [6.45, 7) is 10.7. The van der Waals surface area contributed by atoms with Crippen LogP contribution < -0.4 is 5.32 Å². The topological polar surface area (TPSA) is 41.6 Å². The third kappa shape index (κ3) is 4.19. The van der Waals surface area contributed by atoms with Gasteiger partial charge in [-0.05, 0) is 64.8 Å². The second kappa shape index (κ2) is 6.66. The molecule has 0 aromatic carbocycles. The van der Waals surface area contributed by atoms with E-state index in [-0.39, 0.29) is 12.0 Å². The first kappa shape index (κ1) is 16.8. The highest BCUT2D eigenvalue weighted by molar-refractivity contribution is 5.82. The molecule has 0 spiro atoms. The number of nitrogens with one attached hydrogen (secondary N) is 1. The van der Waals surface area contributed by atoms with E-state index >= 15 is 0 Å². The molecule has 2 fully saturated rings. The van der Waals surface area contributed by atoms with E-state index in [1.807, 2.05) is 6.92 Å². The fourth-order valence-corrected chi connectivity index (χ4v) is 3.48. The van der Waals surface area contributed by atoms with Gasteiger partial charge in [-0.1, -0.05) is 6.92 Å². The van der Waals surface area contributed by atoms with E-state index in [0.29, 0.717) is 12.5 Å². The van der Waals surface area contributed by atoms with Crippen molar-refractivity contribution in [2.45, 2.75) is 58.5 Å². The summed E-state index contributed by atoms with van der Waals surface area (Å²) < 4.78 is 5.42. The molecule has 122 valence electrons. The molecule has 0 amide bonds. The number of esters is 1. The van der Waals surface area contributed by atoms with Crippen LogP contribution in [0.5, 0.6) is 0 Å². The van der Waals surface area contributed by atoms with Gasteiger partial charge >= 0.3 is 5.97 Å². The Morgan fingerprint density at radius 2 is 2.05 bits per heavy atom. The van der Waals surface area contributed by atoms with Gasteiger partial charge in [0.1, 0.15) is 5.54 Å². The van der Waals surface area contributed by atoms with Gasteiger partial charge in [-0.15, -0.1) is 0 Å². The van der Waals surface area contributed by atoms with Crippen molar-refractivity contribution in [2.75, 3.05) is 26.7 Å². The normalized spacial score (nSPS) is 27.8. The highest BCUT2D eigenvalue weighted by atomic mass is 16.5. The van der Waals surface area contributed by atoms with Crippen LogP contribution in [-0.4, -0.2) is 49.2 Å². The second-order valence-corrected chi connectivity index (χ2v) is 7.43. The molecule has 3 unspecified atom stereocenters. The quantitative estimate of drug-likeness (QED) is 0.663. The monoisotopic (exact) mass is 296 g/mol. The van der Waals surface area contributed by atoms with Crippen molar-refractivity contribution in [3.8, 4) is 0 Å². The Balaban J connectivity index is 2.06. The number of ether oxygens (including phenoxy) is 1. The number of carbonyl (C=O) groups excluding carboxylic acids is 1. The molecule has 21 heavy (non-hydrogen) atoms. The minimum absolute atomic E-state index is 0.0584. The molecule has 0 aromatic heterocycles. The predicted molar refractivity (Wildman–Crippen MR) is 85.1 cm³/mol. The highest BCUT2D eigenvalue weighted by Crippen LogP contribution is 2.42. The Hall–Kier alpha value is -0.610. The third-order valence-corrected chi connectivity index (χ3v) is 4.80. The maximum Gasteiger partial charge on any atom is 0.327 e. The number of rotatable bonds is 9. The summed E-state index contributed by atoms with van der Waals surface area (Å²) in [6.07, 6.45) is 3.59. The standard InChI is InChI=1S/C17H32N2O2/c1-6-21-16(20)17(15-7-8-15,18-12(2)3)11-19(5)10-14-9-13(14)4/h12-15,18H,6-11H2,1-5H3. The minimum atomic E-state index is -0.517. The molecule has 2 aliphatic carbocycles. The molecular formula is C17H32N2O2. The number of carbonyl (C=O) groups is 1. The van der Waals surface area contributed by atoms with Crippen LogP contribution in [0.2, 0.25) is 0 Å². The summed E-state index contributed by atoms with van der Waals surface area (Å²) in [6, 6.07) is 0.281. The van der Waals surface area contributed by atoms with Crippen LogP contribution in [0.15, 0.2) is 0 Å². The average Bonchev–Trinajstić information content (AvgIpc) is 3.26. The van der Waals surface area contributed by atoms with Gasteiger partial charge in [0.05, 0.1) is 6.61 Å². The molecule has 2 saturated carbocycles. The maximum absolute atomic E-state index is 12.7. The van der Waals surface area contributed by atoms with Gasteiger partial charge in [-0.25, -0.2) is 4.79 Å². The van der Waals surface area contributed by atoms with Gasteiger partial charge in [-0.2, -0.15) is 0 Å². The maximum atomic E-state index is 12.7. The average molecular weight is 296 g/mol. The molecule has 0 aliphatic heterocycles. The van der Waals surface area contributed by atoms with Crippen LogP contribution >= 0.6 is 0 Å². The molecular weight excluding hydrogens is 264 g/mol. The van der Waals surface area contributed by atoms with Crippen molar-refractivity contribution in [1.82, 2.24) is 10.2 Å². The zero-order valence-corrected chi connectivity index (χ0v) is 14.3. The summed E-state index contributed by atoms with van der Waals surface area (Å²) in [7, 11) is 2.14. The van der Waals surface area contributed by atoms with E-state index in [1.165, 1.54) is 6.42 Å². The zero-order chi connectivity index (χ0) is 15.6. The van der Waals surface area contributed by atoms with E-state index in [9.17, 15) is 4.79 Å². The number of likely N-dealkylation sites (N-methyl/N-ethyl adjacent to an activating group) is 1. The number of hydrogen-bond donors (Lipinski definition) is 1. The van der Waals surface area contributed by atoms with E-state index in [4.69, 9.17) is 4.74 Å². The van der Waals surface area contributed by atoms with E-state index in [2.05, 4.69) is 38.0 Å². The van der Waals surface area contributed by atoms with Crippen molar-refractivity contribution in [1.29, 1.82) is 0 Å². The van der Waals surface area contributed by atoms with E-state index in [1.54, 1.807) is 0 Å². The first-order valence-electron chi connectivity index (χ1n) is 8.52. The molecule has 0 radical (unpaired) electrons. The lowest BCUT2D eigenvalue weighted by atomic mass is 9.91. The van der Waals surface area contributed by atoms with Crippen molar-refractivity contribution in [3.63, 3.8) is 0 Å². The van der Waals surface area contributed by atoms with Gasteiger partial charge in [-0.3, -0.25) is 5.32 Å². The lowest BCUT2D eigenvalue weighted by Crippen LogP contribution is -2.62. The van der Waals surface area contributed by atoms with Crippen LogP contribution in [-0.2, 0) is 9.53 Å². The minimum Gasteiger partial charge on any atom is -0.465 e. The third-order valence-electron chi connectivity index (χ3n) is 4.80. The van der Waals surface area contributed by atoms with Crippen LogP contribution in [0.25, 0.3) is 0 Å². The summed E-state index contributed by atoms with van der Waals surface area (Å²) in [4.78, 5) is 15.0. The van der Waals surface area contributed by atoms with Gasteiger partial charge in [0.25, 0.3) is 0 Å². The molecule has 0 heterocycles. The largest absolute Gasteiger partial charge is 0.465 e. The predicted octanol–water partition coefficient (Wildman–Crippen LogP) is 2.28. The molecule has 0 saturated heterocycles. The molecule has 2 rings (SSSR count). The zero-order valence-electron chi connectivity index (χ0n) is 14.3. The van der Waals surface area contributed by atoms with Crippen molar-refractivity contribution in [3.05, 3.63) is 0 Å². The van der Waals surface area contributed by atoms with Gasteiger partial charge in [0, 0.05) is 19.1 Å². The smallest absolute Gasteiger partial charge is 0.327 e. The Morgan fingerprint density at radius 3 is 2.48 bits per heavy atom. The molecule has 0 bridgehead atoms. The molecule has 1 N–H and O–H groups in total. The molecule has 4 nitrogen and oxygen atoms in total. The van der Waals surface area contributed by atoms with E-state index in [0.717, 1.165) is 37.8 Å². The summed E-state index contributed by atoms with van der Waals surface area (Å²) in [5, 5.41) is 3.56. The van der Waals surface area contributed by atoms with Crippen LogP contribution in [0.4, 0.5) is 0 Å². The lowest BCUT2D eigenvalue weighted by molar-refractivity contribution is -0.153. The van der Waals surface area contributed by atoms with Crippen molar-refractivity contribution >= 4 is 5.97 Å². The Morgan fingerprint density at radius 1 is 1.43 bits per heavy atom. The Kier molecular flexibility index (Phi) is 5.31. The number of hydrogen-bond acceptors (Lipinski definition) is 4. The Bertz CT molecular complexity index is 368. The molecule has 0 aromatic rings. The Labute approximate surface area is 129 Å². The van der Waals surface area contributed by atoms with Crippen LogP contribution in [0.1, 0.15) is 47.0 Å². The summed E-state index contributed by atoms with van der Waals surface area (Å²) in [5.41, 5.74) is -0.517. The van der Waals surface area contributed by atoms with Gasteiger partial charge < -0.3 is 9.64 Å². The molecule has 2 aliphatic rings. The number of nitrogens with zero attached hydrogens (tertiary/aromatic N) is 1. The summed E-state index contributed by atoms with van der Waals surface area (Å²) in [5.74, 6) is 2.03. The SMILES string of the molecule is CCOC(=O)C(CN(C)CC1CC1C)(NC(C)C)C1CC1. The first-order chi connectivity index (χ1) is 9.89. The summed E-state index contributed by atoms with van der Waals surface area (Å²) >= 11 is 0. The fourth-order valence-electron chi connectivity index (χ4n) is 3.48. The van der Waals surface area contributed by atoms with Crippen molar-refractivity contribution in [2.24, 2.45) is 17.8 Å². The fraction of sp³-hybridized carbons (Fsp3) is 0.941. The lowest BCUT2D eigenvalue weighted by Gasteiger charge is -2.38. The van der Waals surface area contributed by atoms with Gasteiger partial charge in [0.2, 0.25) is 0 Å². The van der Waals surface area contributed by atoms with Crippen LogP contribution in [0.3, 0.4) is 0 Å². The van der Waals surface area contributed by atoms with Crippen molar-refractivity contribution < 1.29 is 9.53 Å². The molecule has 4 heteroatoms.